The molecule has 0 radical (unpaired) electrons. The van der Waals surface area contributed by atoms with E-state index in [2.05, 4.69) is 15.3 Å². The Balaban J connectivity index is 1.93. The molecule has 3 aromatic rings. The Morgan fingerprint density at radius 3 is 2.77 bits per heavy atom. The minimum Gasteiger partial charge on any atom is -0.293 e. The van der Waals surface area contributed by atoms with Gasteiger partial charge >= 0.3 is 5.69 Å². The summed E-state index contributed by atoms with van der Waals surface area (Å²) >= 11 is 1.83. The van der Waals surface area contributed by atoms with Gasteiger partial charge in [-0.05, 0) is 34.7 Å². The fourth-order valence-electron chi connectivity index (χ4n) is 1.90. The van der Waals surface area contributed by atoms with Gasteiger partial charge in [-0.25, -0.2) is 13.9 Å². The highest BCUT2D eigenvalue weighted by Crippen LogP contribution is 2.11. The molecule has 0 aliphatic carbocycles. The van der Waals surface area contributed by atoms with Crippen LogP contribution in [0.2, 0.25) is 0 Å². The van der Waals surface area contributed by atoms with E-state index in [1.54, 1.807) is 18.2 Å². The van der Waals surface area contributed by atoms with Gasteiger partial charge in [0.05, 0.1) is 16.3 Å². The van der Waals surface area contributed by atoms with E-state index in [0.717, 1.165) is 0 Å². The number of rotatable bonds is 3. The van der Waals surface area contributed by atoms with Crippen molar-refractivity contribution in [3.63, 3.8) is 0 Å². The van der Waals surface area contributed by atoms with Crippen molar-refractivity contribution in [3.05, 3.63) is 72.6 Å². The summed E-state index contributed by atoms with van der Waals surface area (Å²) in [7, 11) is 0. The molecule has 0 saturated carbocycles. The number of nitrogens with zero attached hydrogens (tertiary/aromatic N) is 4. The molecule has 0 saturated heterocycles. The van der Waals surface area contributed by atoms with Crippen molar-refractivity contribution in [1.29, 1.82) is 0 Å². The summed E-state index contributed by atoms with van der Waals surface area (Å²) in [6.45, 7) is 0.125. The van der Waals surface area contributed by atoms with Gasteiger partial charge in [0.2, 0.25) is 0 Å². The maximum absolute atomic E-state index is 13.7. The molecule has 0 aliphatic heterocycles. The second-order valence-electron chi connectivity index (χ2n) is 4.47. The highest BCUT2D eigenvalue weighted by molar-refractivity contribution is 14.1. The van der Waals surface area contributed by atoms with Crippen molar-refractivity contribution in [2.24, 2.45) is 0 Å². The molecule has 3 rings (SSSR count). The molecule has 0 amide bonds. The topological polar surface area (TPSA) is 85.6 Å². The van der Waals surface area contributed by atoms with E-state index < -0.39 is 17.1 Å². The van der Waals surface area contributed by atoms with Crippen LogP contribution in [0.4, 0.5) is 4.39 Å². The smallest absolute Gasteiger partial charge is 0.293 e. The predicted octanol–water partition coefficient (Wildman–Crippen LogP) is 0.909. The van der Waals surface area contributed by atoms with Crippen LogP contribution in [0, 0.1) is 9.39 Å². The maximum Gasteiger partial charge on any atom is 0.328 e. The summed E-state index contributed by atoms with van der Waals surface area (Å²) in [5, 5.41) is 7.76. The van der Waals surface area contributed by atoms with Gasteiger partial charge in [-0.15, -0.1) is 5.10 Å². The van der Waals surface area contributed by atoms with Crippen molar-refractivity contribution in [1.82, 2.24) is 24.5 Å². The summed E-state index contributed by atoms with van der Waals surface area (Å²) in [6, 6.07) is 6.17. The van der Waals surface area contributed by atoms with Crippen LogP contribution >= 0.6 is 22.6 Å². The number of nitrogens with one attached hydrogen (secondary N) is 1. The highest BCUT2D eigenvalue weighted by atomic mass is 127. The molecule has 0 bridgehead atoms. The second-order valence-corrected chi connectivity index (χ2v) is 5.63. The van der Waals surface area contributed by atoms with Crippen molar-refractivity contribution in [2.45, 2.75) is 6.54 Å². The minimum absolute atomic E-state index is 0.125. The fourth-order valence-corrected chi connectivity index (χ4v) is 2.37. The molecule has 0 fully saturated rings. The Hall–Kier alpha value is -2.30. The molecule has 22 heavy (non-hydrogen) atoms. The number of hydrogen-bond acceptors (Lipinski definition) is 4. The second kappa shape index (κ2) is 5.83. The lowest BCUT2D eigenvalue weighted by Gasteiger charge is -2.02. The normalized spacial score (nSPS) is 10.8. The van der Waals surface area contributed by atoms with Gasteiger partial charge in [0.1, 0.15) is 17.2 Å². The monoisotopic (exact) mass is 413 g/mol. The van der Waals surface area contributed by atoms with Gasteiger partial charge in [0.15, 0.2) is 0 Å². The van der Waals surface area contributed by atoms with Crippen LogP contribution in [0.25, 0.3) is 5.69 Å². The summed E-state index contributed by atoms with van der Waals surface area (Å²) < 4.78 is 16.7. The Morgan fingerprint density at radius 2 is 2.00 bits per heavy atom. The lowest BCUT2D eigenvalue weighted by atomic mass is 10.3. The minimum atomic E-state index is -0.536. The average molecular weight is 413 g/mol. The molecule has 1 N–H and O–H groups in total. The van der Waals surface area contributed by atoms with Crippen molar-refractivity contribution < 1.29 is 4.39 Å². The van der Waals surface area contributed by atoms with E-state index >= 15 is 0 Å². The lowest BCUT2D eigenvalue weighted by Crippen LogP contribution is -2.31. The first-order valence-electron chi connectivity index (χ1n) is 6.20. The van der Waals surface area contributed by atoms with Crippen molar-refractivity contribution in [3.8, 4) is 5.69 Å². The zero-order valence-electron chi connectivity index (χ0n) is 11.0. The van der Waals surface area contributed by atoms with Crippen LogP contribution in [0.3, 0.4) is 0 Å². The van der Waals surface area contributed by atoms with E-state index in [9.17, 15) is 14.0 Å². The number of hydrogen-bond donors (Lipinski definition) is 1. The third-order valence-corrected chi connectivity index (χ3v) is 3.71. The first-order valence-corrected chi connectivity index (χ1v) is 7.28. The first-order chi connectivity index (χ1) is 10.5. The zero-order valence-corrected chi connectivity index (χ0v) is 13.2. The average Bonchev–Trinajstić information content (AvgIpc) is 2.93. The summed E-state index contributed by atoms with van der Waals surface area (Å²) in [6.07, 6.45) is 2.96. The quantitative estimate of drug-likeness (QED) is 0.647. The maximum atomic E-state index is 13.7. The van der Waals surface area contributed by atoms with E-state index in [4.69, 9.17) is 0 Å². The SMILES string of the molecule is O=c1[nH]c(=O)n(Cc2cn(-c3ccccc3F)nn2)cc1I. The molecule has 0 spiro atoms. The Labute approximate surface area is 136 Å². The largest absolute Gasteiger partial charge is 0.328 e. The van der Waals surface area contributed by atoms with Crippen LogP contribution in [0.15, 0.2) is 46.2 Å². The number of para-hydroxylation sites is 1. The third-order valence-electron chi connectivity index (χ3n) is 2.94. The molecular formula is C13H9FIN5O2. The highest BCUT2D eigenvalue weighted by Gasteiger charge is 2.09. The molecule has 2 aromatic heterocycles. The van der Waals surface area contributed by atoms with Gasteiger partial charge in [-0.2, -0.15) is 0 Å². The predicted molar refractivity (Wildman–Crippen MR) is 84.5 cm³/mol. The first kappa shape index (κ1) is 14.6. The molecule has 0 unspecified atom stereocenters. The van der Waals surface area contributed by atoms with E-state index in [-0.39, 0.29) is 12.2 Å². The zero-order chi connectivity index (χ0) is 15.7. The molecule has 0 atom stereocenters. The molecule has 9 heteroatoms. The van der Waals surface area contributed by atoms with Crippen LogP contribution in [0.5, 0.6) is 0 Å². The van der Waals surface area contributed by atoms with E-state index in [1.807, 2.05) is 22.6 Å². The van der Waals surface area contributed by atoms with E-state index in [0.29, 0.717) is 9.26 Å². The van der Waals surface area contributed by atoms with Crippen LogP contribution in [0.1, 0.15) is 5.69 Å². The van der Waals surface area contributed by atoms with Crippen LogP contribution < -0.4 is 11.2 Å². The fraction of sp³-hybridized carbons (Fsp3) is 0.0769. The number of aromatic amines is 1. The Morgan fingerprint density at radius 1 is 1.23 bits per heavy atom. The van der Waals surface area contributed by atoms with Gasteiger partial charge in [0.25, 0.3) is 5.56 Å². The van der Waals surface area contributed by atoms with Gasteiger partial charge in [0, 0.05) is 6.20 Å². The molecule has 1 aromatic carbocycles. The number of H-pyrrole nitrogens is 1. The molecule has 0 aliphatic rings. The summed E-state index contributed by atoms with van der Waals surface area (Å²) in [4.78, 5) is 25.2. The molecule has 7 nitrogen and oxygen atoms in total. The standard InChI is InChI=1S/C13H9FIN5O2/c14-9-3-1-2-4-11(9)20-6-8(17-18-20)5-19-7-10(15)12(21)16-13(19)22/h1-4,6-7H,5H2,(H,16,21,22). The summed E-state index contributed by atoms with van der Waals surface area (Å²) in [5.41, 5.74) is -0.236. The van der Waals surface area contributed by atoms with Crippen molar-refractivity contribution >= 4 is 22.6 Å². The van der Waals surface area contributed by atoms with E-state index in [1.165, 1.54) is 27.7 Å². The molecule has 2 heterocycles. The van der Waals surface area contributed by atoms with Gasteiger partial charge < -0.3 is 0 Å². The number of halogens is 2. The molecule has 112 valence electrons. The number of benzene rings is 1. The Kier molecular flexibility index (Phi) is 3.88. The van der Waals surface area contributed by atoms with Crippen molar-refractivity contribution in [2.75, 3.05) is 0 Å². The van der Waals surface area contributed by atoms with Gasteiger partial charge in [-0.1, -0.05) is 17.3 Å². The third kappa shape index (κ3) is 2.84. The summed E-state index contributed by atoms with van der Waals surface area (Å²) in [5.74, 6) is -0.422. The molecular weight excluding hydrogens is 404 g/mol. The van der Waals surface area contributed by atoms with Gasteiger partial charge in [-0.3, -0.25) is 14.3 Å². The Bertz CT molecular complexity index is 946. The lowest BCUT2D eigenvalue weighted by molar-refractivity contribution is 0.607. The number of aromatic nitrogens is 5. The van der Waals surface area contributed by atoms with Crippen LogP contribution in [-0.4, -0.2) is 24.5 Å². The van der Waals surface area contributed by atoms with Crippen LogP contribution in [-0.2, 0) is 6.54 Å².